The number of thiophene rings is 1. The van der Waals surface area contributed by atoms with E-state index in [1.54, 1.807) is 0 Å². The molecule has 0 unspecified atom stereocenters. The smallest absolute Gasteiger partial charge is 0.350 e. The lowest BCUT2D eigenvalue weighted by molar-refractivity contribution is 0.0607. The summed E-state index contributed by atoms with van der Waals surface area (Å²) in [6.07, 6.45) is 1.02. The Bertz CT molecular complexity index is 456. The van der Waals surface area contributed by atoms with Gasteiger partial charge in [0.05, 0.1) is 13.2 Å². The molecule has 1 rings (SSSR count). The fraction of sp³-hybridized carbons (Fsp3) is 0.643. The van der Waals surface area contributed by atoms with E-state index in [-0.39, 0.29) is 6.10 Å². The number of esters is 1. The third kappa shape index (κ3) is 4.30. The van der Waals surface area contributed by atoms with E-state index in [1.807, 2.05) is 13.8 Å². The van der Waals surface area contributed by atoms with Gasteiger partial charge in [0.1, 0.15) is 15.6 Å². The molecule has 5 nitrogen and oxygen atoms in total. The van der Waals surface area contributed by atoms with Crippen LogP contribution in [0.2, 0.25) is 0 Å². The van der Waals surface area contributed by atoms with Gasteiger partial charge in [-0.2, -0.15) is 0 Å². The highest BCUT2D eigenvalue weighted by Crippen LogP contribution is 2.43. The van der Waals surface area contributed by atoms with Crippen molar-refractivity contribution < 1.29 is 14.3 Å². The molecule has 6 heteroatoms. The Hall–Kier alpha value is -1.43. The maximum absolute atomic E-state index is 11.7. The van der Waals surface area contributed by atoms with Crippen molar-refractivity contribution in [1.82, 2.24) is 0 Å². The second-order valence-electron chi connectivity index (χ2n) is 5.27. The number of nitrogen functional groups attached to an aromatic ring is 1. The summed E-state index contributed by atoms with van der Waals surface area (Å²) in [6, 6.07) is 0. The third-order valence-corrected chi connectivity index (χ3v) is 3.76. The fourth-order valence-corrected chi connectivity index (χ4v) is 2.62. The summed E-state index contributed by atoms with van der Waals surface area (Å²) < 4.78 is 10.5. The molecule has 1 aromatic rings. The van der Waals surface area contributed by atoms with E-state index in [4.69, 9.17) is 15.2 Å². The molecule has 1 heterocycles. The van der Waals surface area contributed by atoms with Gasteiger partial charge in [0.25, 0.3) is 0 Å². The molecule has 114 valence electrons. The van der Waals surface area contributed by atoms with Crippen LogP contribution in [-0.2, 0) is 4.74 Å². The van der Waals surface area contributed by atoms with Gasteiger partial charge in [-0.25, -0.2) is 4.79 Å². The van der Waals surface area contributed by atoms with Crippen LogP contribution in [0.1, 0.15) is 43.8 Å². The maximum Gasteiger partial charge on any atom is 0.350 e. The normalized spacial score (nSPS) is 10.9. The van der Waals surface area contributed by atoms with Gasteiger partial charge in [0.2, 0.25) is 0 Å². The summed E-state index contributed by atoms with van der Waals surface area (Å²) >= 11 is 1.28. The molecule has 0 spiro atoms. The highest BCUT2D eigenvalue weighted by molar-refractivity contribution is 7.19. The number of rotatable bonds is 7. The topological polar surface area (TPSA) is 73.6 Å². The highest BCUT2D eigenvalue weighted by atomic mass is 32.1. The molecule has 0 atom stereocenters. The monoisotopic (exact) mass is 300 g/mol. The molecular weight excluding hydrogens is 276 g/mol. The van der Waals surface area contributed by atoms with E-state index >= 15 is 0 Å². The summed E-state index contributed by atoms with van der Waals surface area (Å²) in [5, 5.41) is 4.09. The van der Waals surface area contributed by atoms with Crippen LogP contribution < -0.4 is 15.8 Å². The van der Waals surface area contributed by atoms with Crippen LogP contribution in [0.15, 0.2) is 0 Å². The minimum atomic E-state index is -0.432. The highest BCUT2D eigenvalue weighted by Gasteiger charge is 2.23. The summed E-state index contributed by atoms with van der Waals surface area (Å²) in [6.45, 7) is 8.98. The molecule has 0 fully saturated rings. The van der Waals surface area contributed by atoms with E-state index in [2.05, 4.69) is 19.2 Å². The van der Waals surface area contributed by atoms with Crippen LogP contribution in [0.4, 0.5) is 10.7 Å². The predicted molar refractivity (Wildman–Crippen MR) is 83.8 cm³/mol. The van der Waals surface area contributed by atoms with Crippen molar-refractivity contribution >= 4 is 28.0 Å². The maximum atomic E-state index is 11.7. The third-order valence-electron chi connectivity index (χ3n) is 2.63. The largest absolute Gasteiger partial charge is 0.486 e. The summed E-state index contributed by atoms with van der Waals surface area (Å²) in [5.41, 5.74) is 6.35. The van der Waals surface area contributed by atoms with Gasteiger partial charge in [-0.3, -0.25) is 0 Å². The van der Waals surface area contributed by atoms with Gasteiger partial charge in [0, 0.05) is 6.54 Å². The van der Waals surface area contributed by atoms with Gasteiger partial charge in [0.15, 0.2) is 5.75 Å². The summed E-state index contributed by atoms with van der Waals surface area (Å²) in [7, 11) is 1.34. The number of nitrogens with two attached hydrogens (primary N) is 1. The number of hydrogen-bond acceptors (Lipinski definition) is 6. The second kappa shape index (κ2) is 7.38. The Labute approximate surface area is 124 Å². The van der Waals surface area contributed by atoms with Crippen LogP contribution in [0, 0.1) is 5.92 Å². The number of carbonyl (C=O) groups excluding carboxylic acids is 1. The lowest BCUT2D eigenvalue weighted by Crippen LogP contribution is -2.10. The molecular formula is C14H24N2O3S. The van der Waals surface area contributed by atoms with Crippen LogP contribution >= 0.6 is 11.3 Å². The molecule has 0 radical (unpaired) electrons. The SMILES string of the molecule is COC(=O)c1sc(NCCC(C)C)c(OC(C)C)c1N. The average Bonchev–Trinajstić information content (AvgIpc) is 2.66. The van der Waals surface area contributed by atoms with Crippen LogP contribution in [-0.4, -0.2) is 25.7 Å². The van der Waals surface area contributed by atoms with E-state index in [0.717, 1.165) is 18.0 Å². The molecule has 1 aromatic heterocycles. The molecule has 3 N–H and O–H groups in total. The zero-order chi connectivity index (χ0) is 15.3. The predicted octanol–water partition coefficient (Wildman–Crippen LogP) is 3.36. The standard InChI is InChI=1S/C14H24N2O3S/c1-8(2)6-7-16-13-11(19-9(3)4)10(15)12(20-13)14(17)18-5/h8-9,16H,6-7,15H2,1-5H3. The van der Waals surface area contributed by atoms with Crippen molar-refractivity contribution in [3.05, 3.63) is 4.88 Å². The molecule has 0 aromatic carbocycles. The first-order valence-electron chi connectivity index (χ1n) is 6.77. The molecule has 0 amide bonds. The van der Waals surface area contributed by atoms with Gasteiger partial charge in [-0.05, 0) is 26.2 Å². The first-order chi connectivity index (χ1) is 9.36. The summed E-state index contributed by atoms with van der Waals surface area (Å²) in [4.78, 5) is 12.1. The Kier molecular flexibility index (Phi) is 6.13. The van der Waals surface area contributed by atoms with Gasteiger partial charge >= 0.3 is 5.97 Å². The zero-order valence-electron chi connectivity index (χ0n) is 12.8. The average molecular weight is 300 g/mol. The van der Waals surface area contributed by atoms with Crippen molar-refractivity contribution in [3.63, 3.8) is 0 Å². The Balaban J connectivity index is 2.97. The fourth-order valence-electron chi connectivity index (χ4n) is 1.62. The van der Waals surface area contributed by atoms with Crippen LogP contribution in [0.25, 0.3) is 0 Å². The van der Waals surface area contributed by atoms with Crippen molar-refractivity contribution in [2.75, 3.05) is 24.7 Å². The molecule has 0 aliphatic carbocycles. The zero-order valence-corrected chi connectivity index (χ0v) is 13.6. The van der Waals surface area contributed by atoms with Gasteiger partial charge in [-0.15, -0.1) is 11.3 Å². The van der Waals surface area contributed by atoms with E-state index in [0.29, 0.717) is 22.2 Å². The molecule has 20 heavy (non-hydrogen) atoms. The Morgan fingerprint density at radius 2 is 2.00 bits per heavy atom. The van der Waals surface area contributed by atoms with Crippen molar-refractivity contribution in [1.29, 1.82) is 0 Å². The number of anilines is 2. The Morgan fingerprint density at radius 1 is 1.35 bits per heavy atom. The molecule has 0 aliphatic rings. The molecule has 0 saturated carbocycles. The lowest BCUT2D eigenvalue weighted by atomic mass is 10.1. The van der Waals surface area contributed by atoms with E-state index in [1.165, 1.54) is 18.4 Å². The first-order valence-corrected chi connectivity index (χ1v) is 7.59. The number of methoxy groups -OCH3 is 1. The number of hydrogen-bond donors (Lipinski definition) is 2. The number of nitrogens with one attached hydrogen (secondary N) is 1. The van der Waals surface area contributed by atoms with Crippen LogP contribution in [0.5, 0.6) is 5.75 Å². The molecule has 0 saturated heterocycles. The van der Waals surface area contributed by atoms with E-state index in [9.17, 15) is 4.79 Å². The molecule has 0 aliphatic heterocycles. The number of ether oxygens (including phenoxy) is 2. The van der Waals surface area contributed by atoms with Gasteiger partial charge < -0.3 is 20.5 Å². The quantitative estimate of drug-likeness (QED) is 0.755. The van der Waals surface area contributed by atoms with Crippen LogP contribution in [0.3, 0.4) is 0 Å². The van der Waals surface area contributed by atoms with E-state index < -0.39 is 5.97 Å². The Morgan fingerprint density at radius 3 is 2.50 bits per heavy atom. The molecule has 0 bridgehead atoms. The van der Waals surface area contributed by atoms with Crippen molar-refractivity contribution in [2.45, 2.75) is 40.2 Å². The number of carbonyl (C=O) groups is 1. The minimum absolute atomic E-state index is 0.0111. The lowest BCUT2D eigenvalue weighted by Gasteiger charge is -2.13. The first kappa shape index (κ1) is 16.6. The van der Waals surface area contributed by atoms with Crippen molar-refractivity contribution in [3.8, 4) is 5.75 Å². The van der Waals surface area contributed by atoms with Crippen molar-refractivity contribution in [2.24, 2.45) is 5.92 Å². The summed E-state index contributed by atoms with van der Waals surface area (Å²) in [5.74, 6) is 0.724. The minimum Gasteiger partial charge on any atom is -0.486 e. The second-order valence-corrected chi connectivity index (χ2v) is 6.29. The van der Waals surface area contributed by atoms with Gasteiger partial charge in [-0.1, -0.05) is 13.8 Å².